The number of furan rings is 1. The smallest absolute Gasteiger partial charge is 0.247 e. The Balaban J connectivity index is 1.06. The van der Waals surface area contributed by atoms with Gasteiger partial charge < -0.3 is 23.7 Å². The van der Waals surface area contributed by atoms with Gasteiger partial charge in [-0.05, 0) is 174 Å². The summed E-state index contributed by atoms with van der Waals surface area (Å²) in [5.41, 5.74) is 28.7. The van der Waals surface area contributed by atoms with Crippen molar-refractivity contribution in [2.45, 2.75) is 175 Å². The molecule has 8 aromatic carbocycles. The van der Waals surface area contributed by atoms with Crippen LogP contribution in [-0.2, 0) is 32.5 Å². The molecule has 2 atom stereocenters. The lowest BCUT2D eigenvalue weighted by atomic mass is 9.30. The lowest BCUT2D eigenvalue weighted by Crippen LogP contribution is -2.57. The van der Waals surface area contributed by atoms with Crippen LogP contribution in [0.15, 0.2) is 221 Å². The van der Waals surface area contributed by atoms with Crippen LogP contribution in [0.4, 0.5) is 28.4 Å². The van der Waals surface area contributed by atoms with Crippen LogP contribution in [0, 0.1) is 0 Å². The summed E-state index contributed by atoms with van der Waals surface area (Å²) in [5, 5.41) is 3.64. The Labute approximate surface area is 541 Å². The van der Waals surface area contributed by atoms with Gasteiger partial charge in [0.25, 0.3) is 0 Å². The van der Waals surface area contributed by atoms with Crippen LogP contribution in [0.25, 0.3) is 49.8 Å². The zero-order chi connectivity index (χ0) is 63.8. The third-order valence-electron chi connectivity index (χ3n) is 21.0. The molecule has 4 heterocycles. The number of rotatable bonds is 7. The molecular formula is C85H89BN4O. The molecule has 10 aromatic rings. The summed E-state index contributed by atoms with van der Waals surface area (Å²) >= 11 is 0. The van der Waals surface area contributed by atoms with Crippen LogP contribution in [0.3, 0.4) is 0 Å². The van der Waals surface area contributed by atoms with Crippen molar-refractivity contribution in [3.05, 3.63) is 255 Å². The zero-order valence-electron chi connectivity index (χ0n) is 56.8. The van der Waals surface area contributed by atoms with E-state index in [2.05, 4.69) is 331 Å². The normalized spacial score (nSPS) is 17.8. The lowest BCUT2D eigenvalue weighted by molar-refractivity contribution is 0.589. The van der Waals surface area contributed by atoms with E-state index in [1.165, 1.54) is 106 Å². The molecule has 91 heavy (non-hydrogen) atoms. The summed E-state index contributed by atoms with van der Waals surface area (Å²) in [7, 11) is 0. The van der Waals surface area contributed by atoms with Crippen LogP contribution in [-0.4, -0.2) is 23.4 Å². The number of aromatic nitrogens is 1. The molecular weight excluding hydrogens is 1100 g/mol. The van der Waals surface area contributed by atoms with Gasteiger partial charge in [0.2, 0.25) is 6.71 Å². The molecule has 1 fully saturated rings. The van der Waals surface area contributed by atoms with E-state index < -0.39 is 0 Å². The maximum Gasteiger partial charge on any atom is 0.247 e. The molecule has 0 bridgehead atoms. The van der Waals surface area contributed by atoms with Crippen LogP contribution >= 0.6 is 0 Å². The molecule has 0 spiro atoms. The summed E-state index contributed by atoms with van der Waals surface area (Å²) in [5.74, 6) is 0. The van der Waals surface area contributed by atoms with Crippen molar-refractivity contribution in [2.24, 2.45) is 0 Å². The average molecular weight is 1190 g/mol. The minimum Gasteiger partial charge on any atom is -0.456 e. The molecule has 0 radical (unpaired) electrons. The summed E-state index contributed by atoms with van der Waals surface area (Å²) in [6.45, 7) is 39.9. The van der Waals surface area contributed by atoms with E-state index in [0.717, 1.165) is 51.8 Å². The SMILES string of the molecule is CC(C)(C)c1ccc(N(C2=CC3=C4B(C5=CCC(N(c6ccc(C(C)(C)C)cc6)c6ccc(C(C)(C)C)cc6)C=C5N(c5cccc6oc7ccccc7c56)C4C2)c2cc(C(C)(C)C)cc4c5c(n3c24)-c2ccccc2C5(C)C)c2ccc(C(C)(C)C)cc2)cc1. The molecule has 0 amide bonds. The predicted octanol–water partition coefficient (Wildman–Crippen LogP) is 21.8. The van der Waals surface area contributed by atoms with Crippen LogP contribution in [0.2, 0.25) is 0 Å². The first kappa shape index (κ1) is 58.9. The number of allylic oxidation sites excluding steroid dienone is 3. The van der Waals surface area contributed by atoms with Crippen LogP contribution in [0.5, 0.6) is 0 Å². The number of nitrogens with zero attached hydrogens (tertiary/aromatic N) is 4. The van der Waals surface area contributed by atoms with Crippen LogP contribution < -0.4 is 20.2 Å². The number of fused-ring (bicyclic) bond motifs is 12. The van der Waals surface area contributed by atoms with Gasteiger partial charge in [0.15, 0.2) is 0 Å². The van der Waals surface area contributed by atoms with Crippen molar-refractivity contribution >= 4 is 79.2 Å². The Morgan fingerprint density at radius 1 is 0.527 bits per heavy atom. The minimum absolute atomic E-state index is 0.0105. The van der Waals surface area contributed by atoms with E-state index in [1.54, 1.807) is 0 Å². The largest absolute Gasteiger partial charge is 0.456 e. The lowest BCUT2D eigenvalue weighted by Gasteiger charge is -2.52. The molecule has 0 N–H and O–H groups in total. The molecule has 3 aliphatic carbocycles. The Morgan fingerprint density at radius 3 is 1.60 bits per heavy atom. The van der Waals surface area contributed by atoms with Gasteiger partial charge >= 0.3 is 0 Å². The van der Waals surface area contributed by atoms with Crippen molar-refractivity contribution in [3.8, 4) is 11.3 Å². The number of para-hydroxylation sites is 1. The Hall–Kier alpha value is -8.48. The highest BCUT2D eigenvalue weighted by Crippen LogP contribution is 2.59. The molecule has 5 aliphatic rings. The summed E-state index contributed by atoms with van der Waals surface area (Å²) in [6.07, 6.45) is 9.55. The van der Waals surface area contributed by atoms with E-state index in [1.807, 2.05) is 0 Å². The molecule has 0 saturated carbocycles. The molecule has 6 heteroatoms. The van der Waals surface area contributed by atoms with Crippen molar-refractivity contribution < 1.29 is 4.42 Å². The Kier molecular flexibility index (Phi) is 13.1. The second-order valence-electron chi connectivity index (χ2n) is 32.6. The number of anilines is 5. The molecule has 15 rings (SSSR count). The second-order valence-corrected chi connectivity index (χ2v) is 32.6. The molecule has 2 aromatic heterocycles. The summed E-state index contributed by atoms with van der Waals surface area (Å²) in [6, 6.07) is 67.7. The number of hydrogen-bond donors (Lipinski definition) is 0. The molecule has 2 aliphatic heterocycles. The fourth-order valence-electron chi connectivity index (χ4n) is 16.1. The van der Waals surface area contributed by atoms with Gasteiger partial charge in [-0.1, -0.05) is 227 Å². The fourth-order valence-corrected chi connectivity index (χ4v) is 16.1. The first-order valence-corrected chi connectivity index (χ1v) is 33.5. The minimum atomic E-state index is -0.258. The molecule has 2 unspecified atom stereocenters. The maximum absolute atomic E-state index is 6.93. The summed E-state index contributed by atoms with van der Waals surface area (Å²) < 4.78 is 9.71. The molecule has 458 valence electrons. The highest BCUT2D eigenvalue weighted by atomic mass is 16.3. The van der Waals surface area contributed by atoms with E-state index in [4.69, 9.17) is 4.42 Å². The summed E-state index contributed by atoms with van der Waals surface area (Å²) in [4.78, 5) is 8.05. The monoisotopic (exact) mass is 1190 g/mol. The van der Waals surface area contributed by atoms with Crippen molar-refractivity contribution in [1.82, 2.24) is 4.57 Å². The van der Waals surface area contributed by atoms with Crippen molar-refractivity contribution in [1.29, 1.82) is 0 Å². The second kappa shape index (κ2) is 20.3. The molecule has 5 nitrogen and oxygen atoms in total. The van der Waals surface area contributed by atoms with Crippen molar-refractivity contribution in [3.63, 3.8) is 0 Å². The molecule has 1 saturated heterocycles. The zero-order valence-corrected chi connectivity index (χ0v) is 56.8. The van der Waals surface area contributed by atoms with E-state index >= 15 is 0 Å². The first-order valence-electron chi connectivity index (χ1n) is 33.5. The van der Waals surface area contributed by atoms with Crippen LogP contribution in [0.1, 0.15) is 169 Å². The van der Waals surface area contributed by atoms with Gasteiger partial charge in [-0.25, -0.2) is 0 Å². The van der Waals surface area contributed by atoms with E-state index in [0.29, 0.717) is 0 Å². The first-order chi connectivity index (χ1) is 43.1. The quantitative estimate of drug-likeness (QED) is 0.149. The Bertz CT molecular complexity index is 4620. The van der Waals surface area contributed by atoms with Gasteiger partial charge in [-0.2, -0.15) is 0 Å². The van der Waals surface area contributed by atoms with E-state index in [9.17, 15) is 0 Å². The Morgan fingerprint density at radius 2 is 1.04 bits per heavy atom. The predicted molar refractivity (Wildman–Crippen MR) is 389 cm³/mol. The maximum atomic E-state index is 6.93. The third-order valence-corrected chi connectivity index (χ3v) is 21.0. The van der Waals surface area contributed by atoms with Gasteiger partial charge in [-0.3, -0.25) is 0 Å². The standard InChI is InChI=1S/C85H89BN4O/c1-80(2,3)52-29-37-57(38-30-52)87(58-39-31-53(32-40-58)81(4,5)6)61-45-46-67-70(49-61)89(69-26-22-28-74-75(69)64-24-19-21-27-73(64)91-74)71-50-62(88(59-41-33-54(34-42-59)82(7,8)9)60-43-35-55(36-44-60)83(10,11)12)51-72-77(71)86(67)68-48-56(84(13,14)15)47-65-76-79(90(72)78(65)68)63-23-18-20-25-66(63)85(76,16)17/h18-44,46-49,51,61,71H,45,50H2,1-17H3. The van der Waals surface area contributed by atoms with Crippen molar-refractivity contribution in [2.75, 3.05) is 14.7 Å². The van der Waals surface area contributed by atoms with E-state index in [-0.39, 0.29) is 51.3 Å². The average Bonchev–Trinajstić information content (AvgIpc) is 1.56. The highest BCUT2D eigenvalue weighted by Gasteiger charge is 2.53. The number of benzene rings is 8. The van der Waals surface area contributed by atoms with Gasteiger partial charge in [0, 0.05) is 73.5 Å². The topological polar surface area (TPSA) is 27.8 Å². The van der Waals surface area contributed by atoms with Gasteiger partial charge in [0.05, 0.1) is 28.9 Å². The number of hydrogen-bond acceptors (Lipinski definition) is 4. The van der Waals surface area contributed by atoms with Gasteiger partial charge in [-0.15, -0.1) is 0 Å². The van der Waals surface area contributed by atoms with Gasteiger partial charge in [0.1, 0.15) is 11.2 Å². The highest BCUT2D eigenvalue weighted by molar-refractivity contribution is 6.90. The third kappa shape index (κ3) is 9.37. The fraction of sp³-hybridized carbons (Fsp3) is 0.318.